The number of hydrogen-bond donors (Lipinski definition) is 14. The first-order valence-corrected chi connectivity index (χ1v) is 14.5. The molecule has 3 aliphatic rings. The van der Waals surface area contributed by atoms with Gasteiger partial charge in [-0.1, -0.05) is 0 Å². The molecule has 0 aromatic heterocycles. The van der Waals surface area contributed by atoms with E-state index in [0.717, 1.165) is 0 Å². The third-order valence-corrected chi connectivity index (χ3v) is 8.29. The van der Waals surface area contributed by atoms with Gasteiger partial charge in [-0.05, 0) is 20.4 Å². The normalized spacial score (nSPS) is 44.9. The Hall–Kier alpha value is -0.720. The van der Waals surface area contributed by atoms with E-state index in [2.05, 4.69) is 16.0 Å². The maximum Gasteiger partial charge on any atom is 0.187 e. The quantitative estimate of drug-likeness (QED) is 0.0848. The van der Waals surface area contributed by atoms with E-state index in [1.165, 1.54) is 6.92 Å². The highest BCUT2D eigenvalue weighted by Crippen LogP contribution is 2.32. The fourth-order valence-electron chi connectivity index (χ4n) is 5.77. The van der Waals surface area contributed by atoms with Crippen LogP contribution in [0.4, 0.5) is 0 Å². The lowest BCUT2D eigenvalue weighted by Crippen LogP contribution is -2.70. The summed E-state index contributed by atoms with van der Waals surface area (Å²) < 4.78 is 23.3. The van der Waals surface area contributed by atoms with Crippen LogP contribution in [0.2, 0.25) is 0 Å². The van der Waals surface area contributed by atoms with Crippen LogP contribution in [0.3, 0.4) is 0 Å². The molecule has 0 aromatic rings. The van der Waals surface area contributed by atoms with Crippen molar-refractivity contribution in [3.8, 4) is 0 Å². The van der Waals surface area contributed by atoms with Crippen LogP contribution in [0, 0.1) is 0 Å². The average Bonchev–Trinajstić information content (AvgIpc) is 2.97. The van der Waals surface area contributed by atoms with Crippen molar-refractivity contribution in [2.45, 2.75) is 111 Å². The van der Waals surface area contributed by atoms with Crippen molar-refractivity contribution in [2.24, 2.45) is 11.5 Å². The Morgan fingerprint density at radius 1 is 0.907 bits per heavy atom. The smallest absolute Gasteiger partial charge is 0.187 e. The van der Waals surface area contributed by atoms with E-state index in [1.807, 2.05) is 0 Å². The first-order chi connectivity index (χ1) is 20.3. The molecule has 0 bridgehead atoms. The third kappa shape index (κ3) is 8.76. The number of nitrogens with one attached hydrogen (secondary N) is 3. The first kappa shape index (κ1) is 36.7. The molecule has 0 spiro atoms. The van der Waals surface area contributed by atoms with Crippen molar-refractivity contribution in [3.05, 3.63) is 0 Å². The van der Waals surface area contributed by atoms with Gasteiger partial charge in [0.1, 0.15) is 54.4 Å². The SMILES string of the molecule is CN[C@@H]1[C@@H](O)[C@@H](O[C@H]2[C@H](NC(CO)CO)C[C@H](N)C(O[C@H]3O[C@H](CNCC(N)CO)[C@@H](O)[C@H](O)[C@H]3O)[C@@H]2O)OC[C@]1(C)O. The summed E-state index contributed by atoms with van der Waals surface area (Å²) >= 11 is 0. The van der Waals surface area contributed by atoms with Crippen LogP contribution in [-0.2, 0) is 18.9 Å². The number of nitrogens with two attached hydrogens (primary N) is 2. The van der Waals surface area contributed by atoms with E-state index in [9.17, 15) is 40.9 Å². The Labute approximate surface area is 249 Å². The zero-order chi connectivity index (χ0) is 32.1. The number of hydrogen-bond acceptors (Lipinski definition) is 18. The highest BCUT2D eigenvalue weighted by Gasteiger charge is 2.53. The predicted molar refractivity (Wildman–Crippen MR) is 147 cm³/mol. The molecule has 0 aromatic carbocycles. The monoisotopic (exact) mass is 629 g/mol. The minimum Gasteiger partial charge on any atom is -0.395 e. The van der Waals surface area contributed by atoms with Crippen LogP contribution in [0.25, 0.3) is 0 Å². The van der Waals surface area contributed by atoms with Gasteiger partial charge in [0.05, 0.1) is 38.5 Å². The van der Waals surface area contributed by atoms with Crippen LogP contribution in [-0.4, -0.2) is 190 Å². The van der Waals surface area contributed by atoms with Gasteiger partial charge in [-0.15, -0.1) is 0 Å². The Balaban J connectivity index is 1.79. The number of likely N-dealkylation sites (N-methyl/N-ethyl adjacent to an activating group) is 1. The summed E-state index contributed by atoms with van der Waals surface area (Å²) in [7, 11) is 1.55. The van der Waals surface area contributed by atoms with Crippen molar-refractivity contribution in [1.29, 1.82) is 0 Å². The minimum atomic E-state index is -1.73. The van der Waals surface area contributed by atoms with Crippen LogP contribution in [0.5, 0.6) is 0 Å². The van der Waals surface area contributed by atoms with Gasteiger partial charge >= 0.3 is 0 Å². The third-order valence-electron chi connectivity index (χ3n) is 8.29. The minimum absolute atomic E-state index is 0.0213. The molecule has 0 radical (unpaired) electrons. The number of aliphatic hydroxyl groups is 9. The molecule has 18 heteroatoms. The number of ether oxygens (including phenoxy) is 4. The molecule has 18 nitrogen and oxygen atoms in total. The summed E-state index contributed by atoms with van der Waals surface area (Å²) in [6.45, 7) is 0.255. The van der Waals surface area contributed by atoms with Crippen molar-refractivity contribution in [1.82, 2.24) is 16.0 Å². The van der Waals surface area contributed by atoms with Crippen LogP contribution in [0.15, 0.2) is 0 Å². The van der Waals surface area contributed by atoms with Gasteiger partial charge < -0.3 is 92.3 Å². The first-order valence-electron chi connectivity index (χ1n) is 14.5. The van der Waals surface area contributed by atoms with Gasteiger partial charge in [-0.25, -0.2) is 0 Å². The summed E-state index contributed by atoms with van der Waals surface area (Å²) in [6, 6.07) is -3.95. The molecule has 43 heavy (non-hydrogen) atoms. The Morgan fingerprint density at radius 3 is 2.16 bits per heavy atom. The molecule has 2 heterocycles. The fraction of sp³-hybridized carbons (Fsp3) is 1.00. The topological polar surface area (TPSA) is 307 Å². The molecular formula is C25H51N5O13. The lowest BCUT2D eigenvalue weighted by Gasteiger charge is -2.50. The molecule has 0 amide bonds. The average molecular weight is 630 g/mol. The van der Waals surface area contributed by atoms with Gasteiger partial charge in [0.15, 0.2) is 12.6 Å². The highest BCUT2D eigenvalue weighted by molar-refractivity contribution is 5.03. The second-order valence-electron chi connectivity index (χ2n) is 11.8. The Morgan fingerprint density at radius 2 is 1.56 bits per heavy atom. The van der Waals surface area contributed by atoms with E-state index in [0.29, 0.717) is 0 Å². The van der Waals surface area contributed by atoms with Crippen molar-refractivity contribution in [2.75, 3.05) is 46.6 Å². The highest BCUT2D eigenvalue weighted by atomic mass is 16.7. The maximum absolute atomic E-state index is 11.5. The molecule has 2 aliphatic heterocycles. The molecule has 15 atom stereocenters. The fourth-order valence-corrected chi connectivity index (χ4v) is 5.77. The molecule has 3 rings (SSSR count). The van der Waals surface area contributed by atoms with E-state index >= 15 is 0 Å². The Bertz CT molecular complexity index is 832. The van der Waals surface area contributed by atoms with Gasteiger partial charge in [-0.2, -0.15) is 0 Å². The largest absolute Gasteiger partial charge is 0.395 e. The van der Waals surface area contributed by atoms with Crippen LogP contribution in [0.1, 0.15) is 13.3 Å². The molecule has 16 N–H and O–H groups in total. The maximum atomic E-state index is 11.5. The summed E-state index contributed by atoms with van der Waals surface area (Å²) in [5.74, 6) is 0. The molecule has 2 saturated heterocycles. The van der Waals surface area contributed by atoms with E-state index in [4.69, 9.17) is 35.5 Å². The molecule has 3 fully saturated rings. The molecule has 254 valence electrons. The second-order valence-corrected chi connectivity index (χ2v) is 11.8. The van der Waals surface area contributed by atoms with Gasteiger partial charge in [0.25, 0.3) is 0 Å². The number of aliphatic hydroxyl groups excluding tert-OH is 8. The summed E-state index contributed by atoms with van der Waals surface area (Å²) in [5, 5.41) is 102. The Kier molecular flexibility index (Phi) is 13.9. The summed E-state index contributed by atoms with van der Waals surface area (Å²) in [6.07, 6.45) is -14.2. The molecule has 1 aliphatic carbocycles. The van der Waals surface area contributed by atoms with Crippen molar-refractivity contribution < 1.29 is 64.9 Å². The lowest BCUT2D eigenvalue weighted by atomic mass is 9.83. The predicted octanol–water partition coefficient (Wildman–Crippen LogP) is -8.07. The van der Waals surface area contributed by atoms with E-state index < -0.39 is 110 Å². The van der Waals surface area contributed by atoms with Crippen LogP contribution < -0.4 is 27.4 Å². The van der Waals surface area contributed by atoms with Crippen molar-refractivity contribution in [3.63, 3.8) is 0 Å². The zero-order valence-corrected chi connectivity index (χ0v) is 24.4. The summed E-state index contributed by atoms with van der Waals surface area (Å²) in [4.78, 5) is 0. The molecular weight excluding hydrogens is 578 g/mol. The van der Waals surface area contributed by atoms with Crippen molar-refractivity contribution >= 4 is 0 Å². The standard InChI is InChI=1S/C25H51N5O13/c1-25(39)9-40-23(19(38)22(25)28-2)43-21-13(30-11(7-32)8-33)3-12(27)20(18(21)37)42-24-17(36)16(35)15(34)14(41-24)5-29-4-10(26)6-31/h10-24,28-39H,3-9,26-27H2,1-2H3/t10?,12-,13+,14+,15+,16-,17+,18-,19+,20?,21-,22+,23+,24+,25-/m0/s1. The van der Waals surface area contributed by atoms with E-state index in [-0.39, 0.29) is 32.7 Å². The van der Waals surface area contributed by atoms with E-state index in [1.54, 1.807) is 7.05 Å². The lowest BCUT2D eigenvalue weighted by molar-refractivity contribution is -0.331. The summed E-state index contributed by atoms with van der Waals surface area (Å²) in [5.41, 5.74) is 10.6. The molecule has 2 unspecified atom stereocenters. The number of rotatable bonds is 14. The molecule has 1 saturated carbocycles. The zero-order valence-electron chi connectivity index (χ0n) is 24.4. The van der Waals surface area contributed by atoms with Gasteiger partial charge in [0, 0.05) is 31.2 Å². The second kappa shape index (κ2) is 16.2. The van der Waals surface area contributed by atoms with Gasteiger partial charge in [-0.3, -0.25) is 0 Å². The van der Waals surface area contributed by atoms with Gasteiger partial charge in [0.2, 0.25) is 0 Å². The van der Waals surface area contributed by atoms with Crippen LogP contribution >= 0.6 is 0 Å².